The van der Waals surface area contributed by atoms with Crippen molar-refractivity contribution >= 4 is 17.0 Å². The highest BCUT2D eigenvalue weighted by molar-refractivity contribution is 5.91. The van der Waals surface area contributed by atoms with Crippen LogP contribution in [-0.4, -0.2) is 0 Å². The second-order valence-electron chi connectivity index (χ2n) is 3.09. The third kappa shape index (κ3) is 0.632. The molecule has 0 bridgehead atoms. The minimum atomic E-state index is 1.00. The summed E-state index contributed by atoms with van der Waals surface area (Å²) in [4.78, 5) is 0. The lowest BCUT2D eigenvalue weighted by Gasteiger charge is -2.03. The quantitative estimate of drug-likeness (QED) is 0.571. The zero-order valence-electron chi connectivity index (χ0n) is 6.58. The van der Waals surface area contributed by atoms with Gasteiger partial charge in [-0.25, -0.2) is 0 Å². The lowest BCUT2D eigenvalue weighted by atomic mass is 9.99. The van der Waals surface area contributed by atoms with Gasteiger partial charge in [0.1, 0.15) is 5.58 Å². The number of rotatable bonds is 0. The first-order chi connectivity index (χ1) is 5.95. The van der Waals surface area contributed by atoms with Crippen molar-refractivity contribution in [2.45, 2.75) is 6.42 Å². The molecule has 1 aromatic carbocycles. The number of allylic oxidation sites excluding steroid dienone is 1. The van der Waals surface area contributed by atoms with E-state index in [9.17, 15) is 0 Å². The Morgan fingerprint density at radius 2 is 2.25 bits per heavy atom. The summed E-state index contributed by atoms with van der Waals surface area (Å²) in [5, 5.41) is 1.29. The number of furan rings is 1. The van der Waals surface area contributed by atoms with E-state index in [1.165, 1.54) is 16.5 Å². The van der Waals surface area contributed by atoms with Gasteiger partial charge in [0.05, 0.1) is 6.26 Å². The van der Waals surface area contributed by atoms with E-state index in [0.717, 1.165) is 12.0 Å². The van der Waals surface area contributed by atoms with Gasteiger partial charge in [0.25, 0.3) is 0 Å². The molecule has 0 N–H and O–H groups in total. The molecule has 3 rings (SSSR count). The molecule has 0 spiro atoms. The molecule has 0 atom stereocenters. The Morgan fingerprint density at radius 3 is 3.25 bits per heavy atom. The topological polar surface area (TPSA) is 13.1 Å². The zero-order valence-corrected chi connectivity index (χ0v) is 6.58. The van der Waals surface area contributed by atoms with Crippen LogP contribution in [0, 0.1) is 0 Å². The van der Waals surface area contributed by atoms with Gasteiger partial charge in [-0.2, -0.15) is 0 Å². The molecule has 1 aliphatic rings. The van der Waals surface area contributed by atoms with Crippen molar-refractivity contribution in [2.24, 2.45) is 0 Å². The van der Waals surface area contributed by atoms with Gasteiger partial charge < -0.3 is 4.42 Å². The summed E-state index contributed by atoms with van der Waals surface area (Å²) >= 11 is 0. The fourth-order valence-electron chi connectivity index (χ4n) is 1.79. The van der Waals surface area contributed by atoms with Crippen LogP contribution in [-0.2, 0) is 6.42 Å². The van der Waals surface area contributed by atoms with E-state index in [1.54, 1.807) is 0 Å². The van der Waals surface area contributed by atoms with Crippen molar-refractivity contribution in [3.63, 3.8) is 0 Å². The van der Waals surface area contributed by atoms with E-state index >= 15 is 0 Å². The van der Waals surface area contributed by atoms with Crippen LogP contribution in [0.4, 0.5) is 0 Å². The summed E-state index contributed by atoms with van der Waals surface area (Å²) in [6.07, 6.45) is 7.19. The third-order valence-corrected chi connectivity index (χ3v) is 2.34. The molecule has 1 aromatic heterocycles. The molecule has 58 valence electrons. The third-order valence-electron chi connectivity index (χ3n) is 2.34. The smallest absolute Gasteiger partial charge is 0.134 e. The molecule has 0 saturated carbocycles. The lowest BCUT2D eigenvalue weighted by molar-refractivity contribution is 0.612. The highest BCUT2D eigenvalue weighted by atomic mass is 16.3. The van der Waals surface area contributed by atoms with Gasteiger partial charge >= 0.3 is 0 Å². The van der Waals surface area contributed by atoms with Gasteiger partial charge in [0, 0.05) is 10.9 Å². The molecule has 2 aromatic rings. The standard InChI is InChI=1S/C11H8O/c1-3-8-4-2-6-10-11(8)9(5-1)7-12-10/h1-4,6-7H,5H2. The van der Waals surface area contributed by atoms with E-state index in [4.69, 9.17) is 4.42 Å². The molecule has 0 unspecified atom stereocenters. The summed E-state index contributed by atoms with van der Waals surface area (Å²) in [6.45, 7) is 0. The van der Waals surface area contributed by atoms with Crippen LogP contribution in [0.5, 0.6) is 0 Å². The van der Waals surface area contributed by atoms with Crippen LogP contribution < -0.4 is 0 Å². The van der Waals surface area contributed by atoms with Crippen molar-refractivity contribution in [1.29, 1.82) is 0 Å². The SMILES string of the molecule is C1=Cc2cccc3occ(c23)C1. The number of hydrogen-bond donors (Lipinski definition) is 0. The van der Waals surface area contributed by atoms with Gasteiger partial charge in [-0.15, -0.1) is 0 Å². The zero-order chi connectivity index (χ0) is 7.97. The lowest BCUT2D eigenvalue weighted by Crippen LogP contribution is -1.86. The van der Waals surface area contributed by atoms with Gasteiger partial charge in [-0.05, 0) is 18.1 Å². The molecule has 1 heteroatoms. The van der Waals surface area contributed by atoms with Crippen molar-refractivity contribution in [1.82, 2.24) is 0 Å². The Morgan fingerprint density at radius 1 is 1.25 bits per heavy atom. The molecule has 12 heavy (non-hydrogen) atoms. The van der Waals surface area contributed by atoms with Crippen LogP contribution >= 0.6 is 0 Å². The normalized spacial score (nSPS) is 14.0. The number of hydrogen-bond acceptors (Lipinski definition) is 1. The molecule has 0 radical (unpaired) electrons. The van der Waals surface area contributed by atoms with Gasteiger partial charge in [0.15, 0.2) is 0 Å². The maximum Gasteiger partial charge on any atom is 0.134 e. The Balaban J connectivity index is 2.57. The first-order valence-corrected chi connectivity index (χ1v) is 4.11. The highest BCUT2D eigenvalue weighted by Crippen LogP contribution is 2.29. The van der Waals surface area contributed by atoms with E-state index in [0.29, 0.717) is 0 Å². The second-order valence-corrected chi connectivity index (χ2v) is 3.09. The van der Waals surface area contributed by atoms with E-state index < -0.39 is 0 Å². The van der Waals surface area contributed by atoms with Crippen LogP contribution in [0.2, 0.25) is 0 Å². The predicted octanol–water partition coefficient (Wildman–Crippen LogP) is 3.00. The highest BCUT2D eigenvalue weighted by Gasteiger charge is 2.10. The monoisotopic (exact) mass is 156 g/mol. The summed E-state index contributed by atoms with van der Waals surface area (Å²) in [7, 11) is 0. The number of benzene rings is 1. The summed E-state index contributed by atoms with van der Waals surface area (Å²) in [6, 6.07) is 6.17. The molecular formula is C11H8O. The van der Waals surface area contributed by atoms with Gasteiger partial charge in [-0.3, -0.25) is 0 Å². The van der Waals surface area contributed by atoms with Crippen molar-refractivity contribution in [3.05, 3.63) is 41.7 Å². The van der Waals surface area contributed by atoms with Gasteiger partial charge in [-0.1, -0.05) is 24.3 Å². The Labute approximate surface area is 70.3 Å². The Hall–Kier alpha value is -1.50. The van der Waals surface area contributed by atoms with Crippen molar-refractivity contribution < 1.29 is 4.42 Å². The summed E-state index contributed by atoms with van der Waals surface area (Å²) < 4.78 is 5.42. The first-order valence-electron chi connectivity index (χ1n) is 4.11. The predicted molar refractivity (Wildman–Crippen MR) is 49.0 cm³/mol. The Kier molecular flexibility index (Phi) is 1.01. The van der Waals surface area contributed by atoms with E-state index in [1.807, 2.05) is 18.4 Å². The van der Waals surface area contributed by atoms with E-state index in [-0.39, 0.29) is 0 Å². The molecular weight excluding hydrogens is 148 g/mol. The van der Waals surface area contributed by atoms with E-state index in [2.05, 4.69) is 18.2 Å². The van der Waals surface area contributed by atoms with Crippen LogP contribution in [0.3, 0.4) is 0 Å². The average molecular weight is 156 g/mol. The fraction of sp³-hybridized carbons (Fsp3) is 0.0909. The fourth-order valence-corrected chi connectivity index (χ4v) is 1.79. The minimum Gasteiger partial charge on any atom is -0.464 e. The maximum absolute atomic E-state index is 5.42. The van der Waals surface area contributed by atoms with Crippen LogP contribution in [0.25, 0.3) is 17.0 Å². The second kappa shape index (κ2) is 2.01. The Bertz CT molecular complexity index is 463. The molecule has 1 heterocycles. The summed E-state index contributed by atoms with van der Waals surface area (Å²) in [5.74, 6) is 0. The molecule has 0 saturated heterocycles. The first kappa shape index (κ1) is 6.06. The molecule has 0 fully saturated rings. The molecule has 1 aliphatic carbocycles. The van der Waals surface area contributed by atoms with Crippen molar-refractivity contribution in [3.8, 4) is 0 Å². The average Bonchev–Trinajstić information content (AvgIpc) is 2.52. The maximum atomic E-state index is 5.42. The van der Waals surface area contributed by atoms with Gasteiger partial charge in [0.2, 0.25) is 0 Å². The van der Waals surface area contributed by atoms with Crippen LogP contribution in [0.1, 0.15) is 11.1 Å². The molecule has 0 amide bonds. The molecule has 0 aliphatic heterocycles. The largest absolute Gasteiger partial charge is 0.464 e. The van der Waals surface area contributed by atoms with Crippen molar-refractivity contribution in [2.75, 3.05) is 0 Å². The minimum absolute atomic E-state index is 1.00. The summed E-state index contributed by atoms with van der Waals surface area (Å²) in [5.41, 5.74) is 3.59. The molecule has 1 nitrogen and oxygen atoms in total. The van der Waals surface area contributed by atoms with Crippen LogP contribution in [0.15, 0.2) is 35.0 Å².